The van der Waals surface area contributed by atoms with Crippen LogP contribution in [-0.4, -0.2) is 44.2 Å². The molecular formula is C20H22N4O2S. The number of hydrogen-bond acceptors (Lipinski definition) is 6. The predicted octanol–water partition coefficient (Wildman–Crippen LogP) is 2.74. The number of rotatable bonds is 4. The van der Waals surface area contributed by atoms with E-state index < -0.39 is 0 Å². The van der Waals surface area contributed by atoms with Gasteiger partial charge in [-0.2, -0.15) is 0 Å². The van der Waals surface area contributed by atoms with Gasteiger partial charge in [-0.15, -0.1) is 11.3 Å². The normalized spacial score (nSPS) is 17.5. The molecule has 3 heterocycles. The van der Waals surface area contributed by atoms with Crippen molar-refractivity contribution < 1.29 is 5.11 Å². The number of benzene rings is 1. The van der Waals surface area contributed by atoms with E-state index in [1.165, 1.54) is 11.6 Å². The van der Waals surface area contributed by atoms with Crippen molar-refractivity contribution in [1.82, 2.24) is 19.9 Å². The molecule has 27 heavy (non-hydrogen) atoms. The minimum Gasteiger partial charge on any atom is -0.392 e. The minimum atomic E-state index is -0.208. The summed E-state index contributed by atoms with van der Waals surface area (Å²) >= 11 is 1.55. The number of aryl methyl sites for hydroxylation is 2. The molecule has 0 radical (unpaired) electrons. The summed E-state index contributed by atoms with van der Waals surface area (Å²) in [5, 5.41) is 10.6. The topological polar surface area (TPSA) is 82.1 Å². The van der Waals surface area contributed by atoms with E-state index in [1.54, 1.807) is 11.3 Å². The molecule has 0 unspecified atom stereocenters. The van der Waals surface area contributed by atoms with Crippen molar-refractivity contribution in [2.24, 2.45) is 0 Å². The average Bonchev–Trinajstić information content (AvgIpc) is 3.19. The van der Waals surface area contributed by atoms with E-state index in [0.717, 1.165) is 47.2 Å². The number of hydrogen-bond donors (Lipinski definition) is 2. The van der Waals surface area contributed by atoms with Crippen LogP contribution in [0.3, 0.4) is 0 Å². The number of nitrogens with one attached hydrogen (secondary N) is 1. The average molecular weight is 382 g/mol. The van der Waals surface area contributed by atoms with Gasteiger partial charge < -0.3 is 10.1 Å². The van der Waals surface area contributed by atoms with Gasteiger partial charge in [0.25, 0.3) is 5.56 Å². The standard InChI is InChI=1S/C20H22N4O2S/c1-12-19(27-13(2)21-12)17-9-18(26)23-20(22-17)15-5-3-14(4-6-15)10-24-8-7-16(25)11-24/h3-6,9,16,25H,7-8,10-11H2,1-2H3,(H,22,23,26)/t16-/m1/s1. The van der Waals surface area contributed by atoms with Gasteiger partial charge in [-0.1, -0.05) is 24.3 Å². The first-order valence-electron chi connectivity index (χ1n) is 9.03. The molecule has 1 atom stereocenters. The summed E-state index contributed by atoms with van der Waals surface area (Å²) in [5.41, 5.74) is 3.44. The Balaban J connectivity index is 1.60. The monoisotopic (exact) mass is 382 g/mol. The van der Waals surface area contributed by atoms with Gasteiger partial charge in [0.1, 0.15) is 5.82 Å². The smallest absolute Gasteiger partial charge is 0.251 e. The van der Waals surface area contributed by atoms with E-state index >= 15 is 0 Å². The predicted molar refractivity (Wildman–Crippen MR) is 107 cm³/mol. The molecule has 2 N–H and O–H groups in total. The van der Waals surface area contributed by atoms with E-state index in [9.17, 15) is 9.90 Å². The number of β-amino-alcohol motifs (C(OH)–C–C–N with tert-alkyl or cyclic N) is 1. The lowest BCUT2D eigenvalue weighted by Crippen LogP contribution is -2.21. The molecule has 0 bridgehead atoms. The lowest BCUT2D eigenvalue weighted by molar-refractivity contribution is 0.175. The van der Waals surface area contributed by atoms with E-state index in [-0.39, 0.29) is 11.7 Å². The van der Waals surface area contributed by atoms with Crippen molar-refractivity contribution in [2.45, 2.75) is 32.9 Å². The molecule has 1 fully saturated rings. The molecular weight excluding hydrogens is 360 g/mol. The Morgan fingerprint density at radius 1 is 1.26 bits per heavy atom. The Morgan fingerprint density at radius 3 is 2.67 bits per heavy atom. The van der Waals surface area contributed by atoms with Crippen molar-refractivity contribution in [3.05, 3.63) is 57.0 Å². The lowest BCUT2D eigenvalue weighted by Gasteiger charge is -2.15. The van der Waals surface area contributed by atoms with Crippen molar-refractivity contribution in [2.75, 3.05) is 13.1 Å². The third kappa shape index (κ3) is 4.00. The van der Waals surface area contributed by atoms with Crippen LogP contribution in [0.1, 0.15) is 22.7 Å². The van der Waals surface area contributed by atoms with Crippen LogP contribution in [-0.2, 0) is 6.54 Å². The van der Waals surface area contributed by atoms with Gasteiger partial charge in [-0.05, 0) is 25.8 Å². The molecule has 3 aromatic rings. The van der Waals surface area contributed by atoms with Crippen molar-refractivity contribution in [3.63, 3.8) is 0 Å². The van der Waals surface area contributed by atoms with Gasteiger partial charge in [-0.25, -0.2) is 9.97 Å². The first-order valence-corrected chi connectivity index (χ1v) is 9.85. The summed E-state index contributed by atoms with van der Waals surface area (Å²) in [6, 6.07) is 9.59. The zero-order valence-corrected chi connectivity index (χ0v) is 16.2. The fourth-order valence-corrected chi connectivity index (χ4v) is 4.34. The summed E-state index contributed by atoms with van der Waals surface area (Å²) in [7, 11) is 0. The SMILES string of the molecule is Cc1nc(C)c(-c2cc(=O)[nH]c(-c3ccc(CN4CC[C@@H](O)C4)cc3)n2)s1. The van der Waals surface area contributed by atoms with Gasteiger partial charge in [-0.3, -0.25) is 9.69 Å². The maximum Gasteiger partial charge on any atom is 0.251 e. The third-order valence-corrected chi connectivity index (χ3v) is 5.85. The lowest BCUT2D eigenvalue weighted by atomic mass is 10.1. The Kier molecular flexibility index (Phi) is 4.90. The molecule has 0 spiro atoms. The summed E-state index contributed by atoms with van der Waals surface area (Å²) in [5.74, 6) is 0.561. The molecule has 1 aliphatic rings. The zero-order valence-electron chi connectivity index (χ0n) is 15.4. The summed E-state index contributed by atoms with van der Waals surface area (Å²) in [4.78, 5) is 27.3. The van der Waals surface area contributed by atoms with Crippen LogP contribution in [0.25, 0.3) is 22.0 Å². The molecule has 1 aromatic carbocycles. The third-order valence-electron chi connectivity index (χ3n) is 4.76. The summed E-state index contributed by atoms with van der Waals surface area (Å²) in [6.45, 7) is 6.36. The Morgan fingerprint density at radius 2 is 2.04 bits per heavy atom. The highest BCUT2D eigenvalue weighted by atomic mass is 32.1. The van der Waals surface area contributed by atoms with Gasteiger partial charge in [0.15, 0.2) is 0 Å². The highest BCUT2D eigenvalue weighted by Crippen LogP contribution is 2.28. The molecule has 4 rings (SSSR count). The van der Waals surface area contributed by atoms with Crippen LogP contribution in [0, 0.1) is 13.8 Å². The van der Waals surface area contributed by atoms with Crippen LogP contribution in [0.4, 0.5) is 0 Å². The first-order chi connectivity index (χ1) is 13.0. The fourth-order valence-electron chi connectivity index (χ4n) is 3.46. The first kappa shape index (κ1) is 18.0. The Bertz CT molecular complexity index is 1010. The second-order valence-electron chi connectivity index (χ2n) is 7.00. The van der Waals surface area contributed by atoms with E-state index in [1.807, 2.05) is 26.0 Å². The number of thiazole rings is 1. The van der Waals surface area contributed by atoms with Crippen LogP contribution >= 0.6 is 11.3 Å². The Labute approximate surface area is 161 Å². The number of aromatic amines is 1. The summed E-state index contributed by atoms with van der Waals surface area (Å²) in [6.07, 6.45) is 0.632. The maximum atomic E-state index is 12.2. The van der Waals surface area contributed by atoms with Crippen molar-refractivity contribution in [1.29, 1.82) is 0 Å². The number of aliphatic hydroxyl groups is 1. The van der Waals surface area contributed by atoms with Crippen molar-refractivity contribution >= 4 is 11.3 Å². The highest BCUT2D eigenvalue weighted by Gasteiger charge is 2.20. The van der Waals surface area contributed by atoms with Gasteiger partial charge in [0.2, 0.25) is 0 Å². The minimum absolute atomic E-state index is 0.171. The van der Waals surface area contributed by atoms with E-state index in [4.69, 9.17) is 0 Å². The van der Waals surface area contributed by atoms with Crippen LogP contribution in [0.5, 0.6) is 0 Å². The van der Waals surface area contributed by atoms with E-state index in [2.05, 4.69) is 32.0 Å². The maximum absolute atomic E-state index is 12.2. The second kappa shape index (κ2) is 7.34. The van der Waals surface area contributed by atoms with Crippen LogP contribution in [0.2, 0.25) is 0 Å². The molecule has 2 aromatic heterocycles. The molecule has 1 saturated heterocycles. The largest absolute Gasteiger partial charge is 0.392 e. The number of aromatic nitrogens is 3. The number of aliphatic hydroxyl groups excluding tert-OH is 1. The molecule has 6 nitrogen and oxygen atoms in total. The number of nitrogens with zero attached hydrogens (tertiary/aromatic N) is 3. The van der Waals surface area contributed by atoms with Gasteiger partial charge in [0, 0.05) is 31.3 Å². The van der Waals surface area contributed by atoms with E-state index in [0.29, 0.717) is 11.5 Å². The Hall–Kier alpha value is -2.35. The van der Waals surface area contributed by atoms with Crippen molar-refractivity contribution in [3.8, 4) is 22.0 Å². The summed E-state index contributed by atoms with van der Waals surface area (Å²) < 4.78 is 0. The molecule has 0 amide bonds. The zero-order chi connectivity index (χ0) is 19.0. The van der Waals surface area contributed by atoms with Crippen LogP contribution in [0.15, 0.2) is 35.1 Å². The quantitative estimate of drug-likeness (QED) is 0.725. The van der Waals surface area contributed by atoms with Gasteiger partial charge >= 0.3 is 0 Å². The number of likely N-dealkylation sites (tertiary alicyclic amines) is 1. The fraction of sp³-hybridized carbons (Fsp3) is 0.350. The van der Waals surface area contributed by atoms with Gasteiger partial charge in [0.05, 0.1) is 27.4 Å². The highest BCUT2D eigenvalue weighted by molar-refractivity contribution is 7.15. The molecule has 0 saturated carbocycles. The van der Waals surface area contributed by atoms with Crippen LogP contribution < -0.4 is 5.56 Å². The molecule has 0 aliphatic carbocycles. The molecule has 1 aliphatic heterocycles. The second-order valence-corrected chi connectivity index (χ2v) is 8.20. The number of H-pyrrole nitrogens is 1. The molecule has 140 valence electrons. The molecule has 7 heteroatoms.